The molecule has 1 aromatic carbocycles. The van der Waals surface area contributed by atoms with Crippen LogP contribution >= 0.6 is 11.3 Å². The molecule has 0 fully saturated rings. The average molecular weight is 397 g/mol. The van der Waals surface area contributed by atoms with Gasteiger partial charge in [-0.1, -0.05) is 12.8 Å². The van der Waals surface area contributed by atoms with Crippen LogP contribution in [0.25, 0.3) is 10.2 Å². The number of benzene rings is 1. The molecule has 0 aliphatic heterocycles. The minimum Gasteiger partial charge on any atom is -0.504 e. The topological polar surface area (TPSA) is 79.6 Å². The first-order valence-corrected chi connectivity index (χ1v) is 10.6. The molecule has 7 heteroatoms. The molecule has 0 amide bonds. The molecule has 0 atom stereocenters. The molecule has 1 aliphatic carbocycles. The molecule has 28 heavy (non-hydrogen) atoms. The summed E-state index contributed by atoms with van der Waals surface area (Å²) >= 11 is 1.79. The second kappa shape index (κ2) is 8.56. The van der Waals surface area contributed by atoms with Crippen molar-refractivity contribution in [3.63, 3.8) is 0 Å². The highest BCUT2D eigenvalue weighted by Gasteiger charge is 2.18. The molecule has 0 spiro atoms. The van der Waals surface area contributed by atoms with Crippen molar-refractivity contribution in [2.45, 2.75) is 45.4 Å². The summed E-state index contributed by atoms with van der Waals surface area (Å²) in [5, 5.41) is 15.3. The molecule has 4 rings (SSSR count). The lowest BCUT2D eigenvalue weighted by atomic mass is 9.98. The van der Waals surface area contributed by atoms with Gasteiger partial charge in [0.1, 0.15) is 11.2 Å². The summed E-state index contributed by atoms with van der Waals surface area (Å²) in [6.45, 7) is 2.38. The number of rotatable bonds is 5. The van der Waals surface area contributed by atoms with E-state index in [0.717, 1.165) is 34.4 Å². The number of aromatic nitrogens is 2. The van der Waals surface area contributed by atoms with Crippen molar-refractivity contribution in [2.75, 3.05) is 12.0 Å². The van der Waals surface area contributed by atoms with Crippen molar-refractivity contribution in [3.8, 4) is 11.5 Å². The SMILES string of the molecule is CCOc1cc(/C=N/Nc2ncnc3sc4c(c23)CCCCCC4)ccc1O. The predicted molar refractivity (Wildman–Crippen MR) is 114 cm³/mol. The summed E-state index contributed by atoms with van der Waals surface area (Å²) in [6, 6.07) is 5.16. The van der Waals surface area contributed by atoms with Crippen molar-refractivity contribution in [2.24, 2.45) is 5.10 Å². The van der Waals surface area contributed by atoms with E-state index in [1.54, 1.807) is 42.1 Å². The summed E-state index contributed by atoms with van der Waals surface area (Å²) in [4.78, 5) is 11.4. The summed E-state index contributed by atoms with van der Waals surface area (Å²) in [5.41, 5.74) is 5.32. The number of aromatic hydroxyl groups is 1. The lowest BCUT2D eigenvalue weighted by Crippen LogP contribution is -1.99. The number of anilines is 1. The standard InChI is InChI=1S/C21H24N4O2S/c1-2-27-17-11-14(9-10-16(17)26)12-24-25-20-19-15-7-5-3-4-6-8-18(15)28-21(19)23-13-22-20/h9-13,26H,2-8H2,1H3,(H,22,23,25)/b24-12+. The van der Waals surface area contributed by atoms with Crippen LogP contribution < -0.4 is 10.2 Å². The smallest absolute Gasteiger partial charge is 0.161 e. The number of phenolic OH excluding ortho intramolecular Hbond substituents is 1. The molecule has 6 nitrogen and oxygen atoms in total. The Bertz CT molecular complexity index is 999. The molecule has 2 aromatic heterocycles. The lowest BCUT2D eigenvalue weighted by Gasteiger charge is -2.10. The van der Waals surface area contributed by atoms with Crippen molar-refractivity contribution in [1.29, 1.82) is 0 Å². The van der Waals surface area contributed by atoms with Gasteiger partial charge in [0.25, 0.3) is 0 Å². The number of thiophene rings is 1. The summed E-state index contributed by atoms with van der Waals surface area (Å²) < 4.78 is 5.42. The fourth-order valence-corrected chi connectivity index (χ4v) is 4.81. The van der Waals surface area contributed by atoms with Crippen molar-refractivity contribution in [1.82, 2.24) is 9.97 Å². The normalized spacial score (nSPS) is 14.6. The van der Waals surface area contributed by atoms with Crippen LogP contribution in [0.2, 0.25) is 0 Å². The van der Waals surface area contributed by atoms with E-state index >= 15 is 0 Å². The number of phenols is 1. The third-order valence-corrected chi connectivity index (χ3v) is 6.12. The molecule has 0 bridgehead atoms. The number of nitrogens with zero attached hydrogens (tertiary/aromatic N) is 3. The van der Waals surface area contributed by atoms with Gasteiger partial charge in [-0.15, -0.1) is 11.3 Å². The first-order valence-electron chi connectivity index (χ1n) is 9.76. The Morgan fingerprint density at radius 3 is 2.93 bits per heavy atom. The van der Waals surface area contributed by atoms with Gasteiger partial charge in [0.05, 0.1) is 18.2 Å². The maximum absolute atomic E-state index is 9.82. The van der Waals surface area contributed by atoms with Crippen LogP contribution in [0, 0.1) is 0 Å². The van der Waals surface area contributed by atoms with E-state index in [1.807, 2.05) is 6.92 Å². The van der Waals surface area contributed by atoms with Gasteiger partial charge in [-0.25, -0.2) is 9.97 Å². The van der Waals surface area contributed by atoms with Gasteiger partial charge in [0.2, 0.25) is 0 Å². The van der Waals surface area contributed by atoms with Gasteiger partial charge < -0.3 is 9.84 Å². The van der Waals surface area contributed by atoms with E-state index in [2.05, 4.69) is 20.5 Å². The van der Waals surface area contributed by atoms with Crippen LogP contribution in [0.5, 0.6) is 11.5 Å². The van der Waals surface area contributed by atoms with Crippen molar-refractivity contribution in [3.05, 3.63) is 40.5 Å². The molecule has 0 radical (unpaired) electrons. The molecule has 2 heterocycles. The first-order chi connectivity index (χ1) is 13.8. The predicted octanol–water partition coefficient (Wildman–Crippen LogP) is 4.90. The minimum atomic E-state index is 0.126. The van der Waals surface area contributed by atoms with E-state index in [0.29, 0.717) is 12.4 Å². The Hall–Kier alpha value is -2.67. The zero-order chi connectivity index (χ0) is 19.3. The molecular formula is C21H24N4O2S. The number of hydrogen-bond donors (Lipinski definition) is 2. The minimum absolute atomic E-state index is 0.126. The number of ether oxygens (including phenoxy) is 1. The van der Waals surface area contributed by atoms with Gasteiger partial charge in [0.15, 0.2) is 17.3 Å². The van der Waals surface area contributed by atoms with Crippen LogP contribution in [0.3, 0.4) is 0 Å². The highest BCUT2D eigenvalue weighted by Crippen LogP contribution is 2.37. The summed E-state index contributed by atoms with van der Waals surface area (Å²) in [7, 11) is 0. The molecule has 1 aliphatic rings. The second-order valence-corrected chi connectivity index (χ2v) is 7.93. The monoisotopic (exact) mass is 396 g/mol. The fraction of sp³-hybridized carbons (Fsp3) is 0.381. The Labute approximate surface area is 168 Å². The first kappa shape index (κ1) is 18.7. The number of aryl methyl sites for hydroxylation is 2. The Morgan fingerprint density at radius 1 is 1.21 bits per heavy atom. The van der Waals surface area contributed by atoms with E-state index in [-0.39, 0.29) is 5.75 Å². The van der Waals surface area contributed by atoms with Gasteiger partial charge in [-0.3, -0.25) is 5.43 Å². The van der Waals surface area contributed by atoms with Gasteiger partial charge in [-0.2, -0.15) is 5.10 Å². The number of hydrogen-bond acceptors (Lipinski definition) is 7. The van der Waals surface area contributed by atoms with Crippen LogP contribution in [0.1, 0.15) is 48.6 Å². The van der Waals surface area contributed by atoms with Crippen LogP contribution in [-0.2, 0) is 12.8 Å². The van der Waals surface area contributed by atoms with Crippen LogP contribution in [-0.4, -0.2) is 27.9 Å². The highest BCUT2D eigenvalue weighted by atomic mass is 32.1. The van der Waals surface area contributed by atoms with E-state index in [9.17, 15) is 5.11 Å². The molecular weight excluding hydrogens is 372 g/mol. The van der Waals surface area contributed by atoms with Crippen molar-refractivity contribution >= 4 is 33.6 Å². The number of fused-ring (bicyclic) bond motifs is 3. The summed E-state index contributed by atoms with van der Waals surface area (Å²) in [5.74, 6) is 1.33. The number of hydrazone groups is 1. The van der Waals surface area contributed by atoms with Gasteiger partial charge in [0, 0.05) is 4.88 Å². The fourth-order valence-electron chi connectivity index (χ4n) is 3.58. The third-order valence-electron chi connectivity index (χ3n) is 4.92. The maximum atomic E-state index is 9.82. The second-order valence-electron chi connectivity index (χ2n) is 6.85. The summed E-state index contributed by atoms with van der Waals surface area (Å²) in [6.07, 6.45) is 10.6. The lowest BCUT2D eigenvalue weighted by molar-refractivity contribution is 0.318. The Morgan fingerprint density at radius 2 is 2.07 bits per heavy atom. The Balaban J connectivity index is 1.60. The maximum Gasteiger partial charge on any atom is 0.161 e. The molecule has 0 saturated carbocycles. The zero-order valence-electron chi connectivity index (χ0n) is 15.9. The van der Waals surface area contributed by atoms with Crippen molar-refractivity contribution < 1.29 is 9.84 Å². The molecule has 3 aromatic rings. The third kappa shape index (κ3) is 3.94. The van der Waals surface area contributed by atoms with E-state index in [4.69, 9.17) is 4.74 Å². The quantitative estimate of drug-likeness (QED) is 0.474. The van der Waals surface area contributed by atoms with Gasteiger partial charge in [-0.05, 0) is 61.9 Å². The van der Waals surface area contributed by atoms with E-state index in [1.165, 1.54) is 36.1 Å². The average Bonchev–Trinajstić information content (AvgIpc) is 3.02. The largest absolute Gasteiger partial charge is 0.504 e. The zero-order valence-corrected chi connectivity index (χ0v) is 16.8. The number of nitrogens with one attached hydrogen (secondary N) is 1. The van der Waals surface area contributed by atoms with E-state index < -0.39 is 0 Å². The molecule has 146 valence electrons. The van der Waals surface area contributed by atoms with Crippen LogP contribution in [0.4, 0.5) is 5.82 Å². The highest BCUT2D eigenvalue weighted by molar-refractivity contribution is 7.18. The van der Waals surface area contributed by atoms with Gasteiger partial charge >= 0.3 is 0 Å². The molecule has 0 unspecified atom stereocenters. The molecule has 2 N–H and O–H groups in total. The molecule has 0 saturated heterocycles. The van der Waals surface area contributed by atoms with Crippen LogP contribution in [0.15, 0.2) is 29.6 Å². The Kier molecular flexibility index (Phi) is 5.71.